The molecule has 2 heterocycles. The molecule has 1 aromatic rings. The van der Waals surface area contributed by atoms with E-state index in [-0.39, 0.29) is 17.9 Å². The van der Waals surface area contributed by atoms with Gasteiger partial charge in [0.1, 0.15) is 11.4 Å². The number of likely N-dealkylation sites (tertiary alicyclic amines) is 1. The minimum Gasteiger partial charge on any atom is -0.338 e. The second-order valence-electron chi connectivity index (χ2n) is 7.91. The van der Waals surface area contributed by atoms with Crippen molar-refractivity contribution in [3.63, 3.8) is 0 Å². The monoisotopic (exact) mass is 382 g/mol. The summed E-state index contributed by atoms with van der Waals surface area (Å²) in [5, 5.41) is 5.94. The quantitative estimate of drug-likeness (QED) is 0.785. The van der Waals surface area contributed by atoms with Crippen LogP contribution >= 0.6 is 0 Å². The molecule has 6 nitrogen and oxygen atoms in total. The van der Waals surface area contributed by atoms with Gasteiger partial charge in [-0.15, -0.1) is 0 Å². The summed E-state index contributed by atoms with van der Waals surface area (Å²) in [7, 11) is 0. The van der Waals surface area contributed by atoms with Crippen LogP contribution in [-0.4, -0.2) is 46.4 Å². The number of anilines is 1. The first kappa shape index (κ1) is 20.3. The number of carbonyl (C=O) groups excluding carboxylic acids is 2. The summed E-state index contributed by atoms with van der Waals surface area (Å²) in [6.07, 6.45) is 9.11. The van der Waals surface area contributed by atoms with Crippen molar-refractivity contribution in [2.45, 2.75) is 70.4 Å². The average Bonchev–Trinajstić information content (AvgIpc) is 3.22. The van der Waals surface area contributed by atoms with Crippen molar-refractivity contribution >= 4 is 17.6 Å². The van der Waals surface area contributed by atoms with Gasteiger partial charge in [0.2, 0.25) is 11.8 Å². The summed E-state index contributed by atoms with van der Waals surface area (Å²) < 4.78 is 0. The fraction of sp³-hybridized carbons (Fsp3) is 0.591. The third kappa shape index (κ3) is 5.32. The molecule has 150 valence electrons. The maximum atomic E-state index is 12.9. The summed E-state index contributed by atoms with van der Waals surface area (Å²) in [5.74, 6) is 7.00. The number of pyridine rings is 1. The third-order valence-corrected chi connectivity index (χ3v) is 5.65. The fourth-order valence-corrected chi connectivity index (χ4v) is 3.99. The van der Waals surface area contributed by atoms with Gasteiger partial charge in [0, 0.05) is 18.7 Å². The van der Waals surface area contributed by atoms with E-state index in [1.165, 1.54) is 26.2 Å². The van der Waals surface area contributed by atoms with Crippen molar-refractivity contribution in [2.75, 3.05) is 18.4 Å². The molecular weight excluding hydrogens is 352 g/mol. The molecule has 2 N–H and O–H groups in total. The SMILES string of the molecule is CC(=O)Nc1ccc(C#CC2(NC(=O)C(C)N3CCCC3)CCCCC2)cn1. The Morgan fingerprint density at radius 3 is 2.46 bits per heavy atom. The zero-order chi connectivity index (χ0) is 20.0. The summed E-state index contributed by atoms with van der Waals surface area (Å²) in [6.45, 7) is 5.45. The fourth-order valence-electron chi connectivity index (χ4n) is 3.99. The highest BCUT2D eigenvalue weighted by Crippen LogP contribution is 2.28. The van der Waals surface area contributed by atoms with Crippen LogP contribution in [0.5, 0.6) is 0 Å². The molecule has 2 amide bonds. The van der Waals surface area contributed by atoms with Crippen LogP contribution in [0.4, 0.5) is 5.82 Å². The second-order valence-corrected chi connectivity index (χ2v) is 7.91. The lowest BCUT2D eigenvalue weighted by molar-refractivity contribution is -0.127. The molecule has 0 radical (unpaired) electrons. The smallest absolute Gasteiger partial charge is 0.238 e. The van der Waals surface area contributed by atoms with E-state index in [4.69, 9.17) is 0 Å². The Morgan fingerprint density at radius 2 is 1.86 bits per heavy atom. The Morgan fingerprint density at radius 1 is 1.14 bits per heavy atom. The zero-order valence-corrected chi connectivity index (χ0v) is 16.9. The van der Waals surface area contributed by atoms with Gasteiger partial charge < -0.3 is 10.6 Å². The Bertz CT molecular complexity index is 751. The van der Waals surface area contributed by atoms with Gasteiger partial charge in [-0.3, -0.25) is 14.5 Å². The van der Waals surface area contributed by atoms with E-state index in [0.29, 0.717) is 5.82 Å². The number of hydrogen-bond acceptors (Lipinski definition) is 4. The number of carbonyl (C=O) groups is 2. The second kappa shape index (κ2) is 9.20. The van der Waals surface area contributed by atoms with E-state index in [1.807, 2.05) is 13.0 Å². The molecule has 1 saturated carbocycles. The Hall–Kier alpha value is -2.39. The van der Waals surface area contributed by atoms with E-state index < -0.39 is 5.54 Å². The largest absolute Gasteiger partial charge is 0.338 e. The van der Waals surface area contributed by atoms with Crippen molar-refractivity contribution < 1.29 is 9.59 Å². The lowest BCUT2D eigenvalue weighted by Gasteiger charge is -2.35. The Labute approximate surface area is 167 Å². The van der Waals surface area contributed by atoms with Gasteiger partial charge in [-0.05, 0) is 57.8 Å². The van der Waals surface area contributed by atoms with E-state index in [0.717, 1.165) is 44.3 Å². The number of aromatic nitrogens is 1. The molecule has 28 heavy (non-hydrogen) atoms. The van der Waals surface area contributed by atoms with Crippen LogP contribution in [0.15, 0.2) is 18.3 Å². The number of rotatable bonds is 4. The van der Waals surface area contributed by atoms with Crippen LogP contribution in [0.25, 0.3) is 0 Å². The maximum Gasteiger partial charge on any atom is 0.238 e. The van der Waals surface area contributed by atoms with Crippen LogP contribution in [0.1, 0.15) is 64.4 Å². The third-order valence-electron chi connectivity index (χ3n) is 5.65. The Balaban J connectivity index is 1.72. The van der Waals surface area contributed by atoms with Gasteiger partial charge in [-0.2, -0.15) is 0 Å². The van der Waals surface area contributed by atoms with Gasteiger partial charge in [-0.25, -0.2) is 4.98 Å². The molecule has 1 atom stereocenters. The van der Waals surface area contributed by atoms with Crippen molar-refractivity contribution in [1.29, 1.82) is 0 Å². The number of amides is 2. The van der Waals surface area contributed by atoms with Gasteiger partial charge in [0.15, 0.2) is 0 Å². The van der Waals surface area contributed by atoms with Crippen molar-refractivity contribution in [2.24, 2.45) is 0 Å². The summed E-state index contributed by atoms with van der Waals surface area (Å²) in [4.78, 5) is 30.5. The maximum absolute atomic E-state index is 12.9. The summed E-state index contributed by atoms with van der Waals surface area (Å²) in [6, 6.07) is 3.48. The molecular formula is C22H30N4O2. The van der Waals surface area contributed by atoms with E-state index >= 15 is 0 Å². The molecule has 1 saturated heterocycles. The van der Waals surface area contributed by atoms with Gasteiger partial charge in [-0.1, -0.05) is 31.1 Å². The van der Waals surface area contributed by atoms with Crippen molar-refractivity contribution in [3.8, 4) is 11.8 Å². The number of nitrogens with zero attached hydrogens (tertiary/aromatic N) is 2. The first-order chi connectivity index (χ1) is 13.5. The zero-order valence-electron chi connectivity index (χ0n) is 16.9. The summed E-state index contributed by atoms with van der Waals surface area (Å²) >= 11 is 0. The van der Waals surface area contributed by atoms with Crippen LogP contribution < -0.4 is 10.6 Å². The molecule has 2 aliphatic rings. The standard InChI is InChI=1S/C22H30N4O2/c1-17(26-14-6-7-15-26)21(28)25-22(11-4-3-5-12-22)13-10-19-8-9-20(23-16-19)24-18(2)27/h8-9,16-17H,3-7,11-12,14-15H2,1-2H3,(H,25,28)(H,23,24,27). The molecule has 0 aromatic carbocycles. The van der Waals surface area contributed by atoms with E-state index in [9.17, 15) is 9.59 Å². The molecule has 1 aromatic heterocycles. The molecule has 0 bridgehead atoms. The Kier molecular flexibility index (Phi) is 6.69. The van der Waals surface area contributed by atoms with Crippen LogP contribution in [-0.2, 0) is 9.59 Å². The van der Waals surface area contributed by atoms with Crippen molar-refractivity contribution in [1.82, 2.24) is 15.2 Å². The molecule has 1 aliphatic carbocycles. The highest BCUT2D eigenvalue weighted by Gasteiger charge is 2.34. The number of nitrogens with one attached hydrogen (secondary N) is 2. The molecule has 6 heteroatoms. The molecule has 2 fully saturated rings. The minimum absolute atomic E-state index is 0.0808. The van der Waals surface area contributed by atoms with E-state index in [2.05, 4.69) is 32.4 Å². The minimum atomic E-state index is -0.459. The van der Waals surface area contributed by atoms with Crippen LogP contribution in [0.2, 0.25) is 0 Å². The first-order valence-corrected chi connectivity index (χ1v) is 10.3. The van der Waals surface area contributed by atoms with Crippen molar-refractivity contribution in [3.05, 3.63) is 23.9 Å². The normalized spacial score (nSPS) is 19.9. The molecule has 3 rings (SSSR count). The topological polar surface area (TPSA) is 74.3 Å². The lowest BCUT2D eigenvalue weighted by atomic mass is 9.81. The highest BCUT2D eigenvalue weighted by atomic mass is 16.2. The van der Waals surface area contributed by atoms with E-state index in [1.54, 1.807) is 12.3 Å². The highest BCUT2D eigenvalue weighted by molar-refractivity contribution is 5.87. The lowest BCUT2D eigenvalue weighted by Crippen LogP contribution is -2.54. The molecule has 1 aliphatic heterocycles. The van der Waals surface area contributed by atoms with Crippen LogP contribution in [0, 0.1) is 11.8 Å². The summed E-state index contributed by atoms with van der Waals surface area (Å²) in [5.41, 5.74) is 0.320. The van der Waals surface area contributed by atoms with Gasteiger partial charge in [0.05, 0.1) is 6.04 Å². The van der Waals surface area contributed by atoms with Gasteiger partial charge in [0.25, 0.3) is 0 Å². The molecule has 1 unspecified atom stereocenters. The van der Waals surface area contributed by atoms with Gasteiger partial charge >= 0.3 is 0 Å². The first-order valence-electron chi connectivity index (χ1n) is 10.3. The average molecular weight is 383 g/mol. The molecule has 0 spiro atoms. The predicted octanol–water partition coefficient (Wildman–Crippen LogP) is 2.69. The number of hydrogen-bond donors (Lipinski definition) is 2. The predicted molar refractivity (Wildman–Crippen MR) is 110 cm³/mol. The van der Waals surface area contributed by atoms with Crippen LogP contribution in [0.3, 0.4) is 0 Å².